The zero-order valence-corrected chi connectivity index (χ0v) is 12.9. The lowest BCUT2D eigenvalue weighted by Crippen LogP contribution is -2.40. The normalized spacial score (nSPS) is 22.7. The summed E-state index contributed by atoms with van der Waals surface area (Å²) >= 11 is 0. The number of piperidine rings is 1. The first kappa shape index (κ1) is 14.3. The summed E-state index contributed by atoms with van der Waals surface area (Å²) in [6.07, 6.45) is 4.91. The Hall–Kier alpha value is -1.63. The second kappa shape index (κ2) is 6.43. The quantitative estimate of drug-likeness (QED) is 0.892. The van der Waals surface area contributed by atoms with E-state index in [-0.39, 0.29) is 6.10 Å². The molecule has 2 fully saturated rings. The minimum absolute atomic E-state index is 0.267. The third-order valence-electron chi connectivity index (χ3n) is 4.22. The lowest BCUT2D eigenvalue weighted by atomic mass is 10.1. The summed E-state index contributed by atoms with van der Waals surface area (Å²) < 4.78 is 5.49. The molecule has 0 spiro atoms. The van der Waals surface area contributed by atoms with E-state index >= 15 is 0 Å². The SMILES string of the molecule is CNc1nc(N2CCCC2)nc(N2CCCC(OC)C2)n1. The van der Waals surface area contributed by atoms with Crippen molar-refractivity contribution < 1.29 is 4.74 Å². The van der Waals surface area contributed by atoms with Crippen molar-refractivity contribution in [2.45, 2.75) is 31.8 Å². The van der Waals surface area contributed by atoms with E-state index in [9.17, 15) is 0 Å². The summed E-state index contributed by atoms with van der Waals surface area (Å²) in [4.78, 5) is 18.2. The Morgan fingerprint density at radius 1 is 1.00 bits per heavy atom. The maximum atomic E-state index is 5.49. The number of hydrogen-bond donors (Lipinski definition) is 1. The van der Waals surface area contributed by atoms with Crippen LogP contribution < -0.4 is 15.1 Å². The molecule has 3 heterocycles. The van der Waals surface area contributed by atoms with Gasteiger partial charge in [0.05, 0.1) is 6.10 Å². The molecule has 2 saturated heterocycles. The van der Waals surface area contributed by atoms with Crippen molar-refractivity contribution >= 4 is 17.8 Å². The second-order valence-corrected chi connectivity index (χ2v) is 5.65. The van der Waals surface area contributed by atoms with Crippen LogP contribution in [-0.2, 0) is 4.74 Å². The van der Waals surface area contributed by atoms with Gasteiger partial charge in [-0.1, -0.05) is 0 Å². The third kappa shape index (κ3) is 3.18. The Morgan fingerprint density at radius 3 is 2.33 bits per heavy atom. The van der Waals surface area contributed by atoms with Crippen LogP contribution in [0.3, 0.4) is 0 Å². The van der Waals surface area contributed by atoms with Gasteiger partial charge in [0.2, 0.25) is 17.8 Å². The summed E-state index contributed by atoms with van der Waals surface area (Å²) in [5, 5.41) is 3.05. The summed E-state index contributed by atoms with van der Waals surface area (Å²) in [6.45, 7) is 3.90. The number of nitrogens with one attached hydrogen (secondary N) is 1. The Morgan fingerprint density at radius 2 is 1.67 bits per heavy atom. The van der Waals surface area contributed by atoms with Crippen molar-refractivity contribution in [1.82, 2.24) is 15.0 Å². The van der Waals surface area contributed by atoms with Gasteiger partial charge in [-0.2, -0.15) is 15.0 Å². The van der Waals surface area contributed by atoms with Crippen LogP contribution in [0.5, 0.6) is 0 Å². The maximum absolute atomic E-state index is 5.49. The van der Waals surface area contributed by atoms with Crippen molar-refractivity contribution in [2.24, 2.45) is 0 Å². The average Bonchev–Trinajstić information content (AvgIpc) is 3.09. The predicted octanol–water partition coefficient (Wildman–Crippen LogP) is 1.13. The molecule has 7 nitrogen and oxygen atoms in total. The van der Waals surface area contributed by atoms with Crippen molar-refractivity contribution in [3.63, 3.8) is 0 Å². The van der Waals surface area contributed by atoms with Crippen LogP contribution in [0.1, 0.15) is 25.7 Å². The summed E-state index contributed by atoms with van der Waals surface area (Å²) in [5.74, 6) is 2.20. The first-order chi connectivity index (χ1) is 10.3. The van der Waals surface area contributed by atoms with Crippen molar-refractivity contribution in [1.29, 1.82) is 0 Å². The fourth-order valence-electron chi connectivity index (χ4n) is 2.98. The van der Waals surface area contributed by atoms with E-state index in [2.05, 4.69) is 30.1 Å². The van der Waals surface area contributed by atoms with Gasteiger partial charge in [-0.15, -0.1) is 0 Å². The Kier molecular flexibility index (Phi) is 4.38. The van der Waals surface area contributed by atoms with Gasteiger partial charge in [0.15, 0.2) is 0 Å². The van der Waals surface area contributed by atoms with Gasteiger partial charge in [-0.05, 0) is 25.7 Å². The van der Waals surface area contributed by atoms with E-state index in [4.69, 9.17) is 4.74 Å². The van der Waals surface area contributed by atoms with Crippen LogP contribution >= 0.6 is 0 Å². The van der Waals surface area contributed by atoms with E-state index in [0.29, 0.717) is 5.95 Å². The highest BCUT2D eigenvalue weighted by Gasteiger charge is 2.24. The Labute approximate surface area is 125 Å². The summed E-state index contributed by atoms with van der Waals surface area (Å²) in [5.41, 5.74) is 0. The van der Waals surface area contributed by atoms with Crippen LogP contribution in [0.2, 0.25) is 0 Å². The molecule has 1 unspecified atom stereocenters. The van der Waals surface area contributed by atoms with E-state index in [1.54, 1.807) is 7.11 Å². The summed E-state index contributed by atoms with van der Waals surface area (Å²) in [7, 11) is 3.62. The van der Waals surface area contributed by atoms with Gasteiger partial charge in [0, 0.05) is 40.3 Å². The molecule has 0 saturated carbocycles. The summed E-state index contributed by atoms with van der Waals surface area (Å²) in [6, 6.07) is 0. The fraction of sp³-hybridized carbons (Fsp3) is 0.786. The molecule has 1 N–H and O–H groups in total. The van der Waals surface area contributed by atoms with Crippen LogP contribution in [0.25, 0.3) is 0 Å². The average molecular weight is 292 g/mol. The molecule has 0 amide bonds. The van der Waals surface area contributed by atoms with Crippen LogP contribution in [0.4, 0.5) is 17.8 Å². The molecule has 1 aromatic rings. The Bertz CT molecular complexity index is 477. The second-order valence-electron chi connectivity index (χ2n) is 5.65. The molecular weight excluding hydrogens is 268 g/mol. The molecular formula is C14H24N6O. The highest BCUT2D eigenvalue weighted by atomic mass is 16.5. The molecule has 1 aromatic heterocycles. The van der Waals surface area contributed by atoms with Crippen molar-refractivity contribution in [3.05, 3.63) is 0 Å². The largest absolute Gasteiger partial charge is 0.380 e. The lowest BCUT2D eigenvalue weighted by molar-refractivity contribution is 0.0889. The monoisotopic (exact) mass is 292 g/mol. The van der Waals surface area contributed by atoms with Gasteiger partial charge >= 0.3 is 0 Å². The molecule has 3 rings (SSSR count). The molecule has 0 aromatic carbocycles. The lowest BCUT2D eigenvalue weighted by Gasteiger charge is -2.32. The topological polar surface area (TPSA) is 66.4 Å². The molecule has 2 aliphatic heterocycles. The molecule has 0 bridgehead atoms. The first-order valence-electron chi connectivity index (χ1n) is 7.76. The van der Waals surface area contributed by atoms with Crippen LogP contribution in [0.15, 0.2) is 0 Å². The van der Waals surface area contributed by atoms with Crippen LogP contribution in [-0.4, -0.2) is 61.4 Å². The third-order valence-corrected chi connectivity index (χ3v) is 4.22. The van der Waals surface area contributed by atoms with Crippen molar-refractivity contribution in [3.8, 4) is 0 Å². The smallest absolute Gasteiger partial charge is 0.232 e. The standard InChI is InChI=1S/C14H24N6O/c1-15-12-16-13(19-7-3-4-8-19)18-14(17-12)20-9-5-6-11(10-20)21-2/h11H,3-10H2,1-2H3,(H,15,16,17,18). The minimum Gasteiger partial charge on any atom is -0.380 e. The van der Waals surface area contributed by atoms with E-state index in [0.717, 1.165) is 50.9 Å². The van der Waals surface area contributed by atoms with Gasteiger partial charge in [-0.3, -0.25) is 0 Å². The van der Waals surface area contributed by atoms with E-state index < -0.39 is 0 Å². The molecule has 2 aliphatic rings. The number of ether oxygens (including phenoxy) is 1. The molecule has 116 valence electrons. The number of nitrogens with zero attached hydrogens (tertiary/aromatic N) is 5. The first-order valence-corrected chi connectivity index (χ1v) is 7.76. The highest BCUT2D eigenvalue weighted by Crippen LogP contribution is 2.23. The zero-order chi connectivity index (χ0) is 14.7. The molecule has 7 heteroatoms. The molecule has 0 radical (unpaired) electrons. The van der Waals surface area contributed by atoms with Gasteiger partial charge in [0.1, 0.15) is 0 Å². The number of rotatable bonds is 4. The van der Waals surface area contributed by atoms with E-state index in [1.165, 1.54) is 12.8 Å². The van der Waals surface area contributed by atoms with Gasteiger partial charge < -0.3 is 19.9 Å². The molecule has 1 atom stereocenters. The maximum Gasteiger partial charge on any atom is 0.232 e. The fourth-order valence-corrected chi connectivity index (χ4v) is 2.98. The predicted molar refractivity (Wildman–Crippen MR) is 83.1 cm³/mol. The Balaban J connectivity index is 1.84. The number of methoxy groups -OCH3 is 1. The van der Waals surface area contributed by atoms with Crippen LogP contribution in [0, 0.1) is 0 Å². The van der Waals surface area contributed by atoms with E-state index in [1.807, 2.05) is 7.05 Å². The zero-order valence-electron chi connectivity index (χ0n) is 12.9. The molecule has 21 heavy (non-hydrogen) atoms. The highest BCUT2D eigenvalue weighted by molar-refractivity contribution is 5.45. The van der Waals surface area contributed by atoms with Gasteiger partial charge in [0.25, 0.3) is 0 Å². The minimum atomic E-state index is 0.267. The number of aromatic nitrogens is 3. The van der Waals surface area contributed by atoms with Crippen molar-refractivity contribution in [2.75, 3.05) is 55.5 Å². The number of anilines is 3. The molecule has 0 aliphatic carbocycles. The number of hydrogen-bond acceptors (Lipinski definition) is 7. The van der Waals surface area contributed by atoms with Gasteiger partial charge in [-0.25, -0.2) is 0 Å².